The molecule has 0 saturated heterocycles. The fraction of sp³-hybridized carbons (Fsp3) is 0.500. The quantitative estimate of drug-likeness (QED) is 0.319. The van der Waals surface area contributed by atoms with Gasteiger partial charge in [0, 0.05) is 36.4 Å². The van der Waals surface area contributed by atoms with Crippen LogP contribution in [0.25, 0.3) is 11.2 Å². The number of anilines is 3. The number of alkyl halides is 2. The molecule has 198 valence electrons. The highest BCUT2D eigenvalue weighted by atomic mass is 35.5. The van der Waals surface area contributed by atoms with Crippen molar-refractivity contribution in [2.75, 3.05) is 10.6 Å². The molecule has 0 spiro atoms. The molecule has 2 saturated carbocycles. The first kappa shape index (κ1) is 25.8. The number of carbonyl (C=O) groups excluding carboxylic acids is 1. The molecule has 2 heterocycles. The first-order chi connectivity index (χ1) is 17.6. The zero-order valence-corrected chi connectivity index (χ0v) is 21.3. The minimum absolute atomic E-state index is 0.0181. The van der Waals surface area contributed by atoms with E-state index in [1.54, 1.807) is 0 Å². The van der Waals surface area contributed by atoms with Crippen molar-refractivity contribution in [1.82, 2.24) is 19.5 Å². The van der Waals surface area contributed by atoms with Gasteiger partial charge < -0.3 is 16.4 Å². The second kappa shape index (κ2) is 10.2. The van der Waals surface area contributed by atoms with Gasteiger partial charge >= 0.3 is 0 Å². The Morgan fingerprint density at radius 3 is 2.57 bits per heavy atom. The van der Waals surface area contributed by atoms with Crippen molar-refractivity contribution >= 4 is 57.9 Å². The summed E-state index contributed by atoms with van der Waals surface area (Å²) in [6, 6.07) is 2.07. The summed E-state index contributed by atoms with van der Waals surface area (Å²) in [5.41, 5.74) is 6.34. The van der Waals surface area contributed by atoms with Crippen LogP contribution in [0.5, 0.6) is 0 Å². The van der Waals surface area contributed by atoms with Crippen LogP contribution in [0.1, 0.15) is 57.4 Å². The number of halogens is 5. The van der Waals surface area contributed by atoms with E-state index in [0.717, 1.165) is 31.7 Å². The average molecular weight is 556 g/mol. The first-order valence-electron chi connectivity index (χ1n) is 12.2. The van der Waals surface area contributed by atoms with Gasteiger partial charge in [0.2, 0.25) is 23.7 Å². The Kier molecular flexibility index (Phi) is 7.10. The summed E-state index contributed by atoms with van der Waals surface area (Å²) in [4.78, 5) is 24.9. The van der Waals surface area contributed by atoms with Gasteiger partial charge in [0.05, 0.1) is 16.9 Å². The molecule has 2 aliphatic rings. The number of aromatic nitrogens is 4. The maximum atomic E-state index is 14.7. The van der Waals surface area contributed by atoms with Crippen molar-refractivity contribution in [2.24, 2.45) is 11.7 Å². The maximum Gasteiger partial charge on any atom is 0.250 e. The van der Waals surface area contributed by atoms with E-state index in [-0.39, 0.29) is 52.4 Å². The van der Waals surface area contributed by atoms with Gasteiger partial charge in [0.1, 0.15) is 11.3 Å². The molecule has 0 radical (unpaired) electrons. The number of imidazole rings is 1. The molecule has 8 nitrogen and oxygen atoms in total. The van der Waals surface area contributed by atoms with Crippen LogP contribution in [0.3, 0.4) is 0 Å². The lowest BCUT2D eigenvalue weighted by Crippen LogP contribution is -2.24. The number of benzene rings is 1. The SMILES string of the molecule is NC(=O)C[C@H]1CC[C@@H](n2c(Nc3c(F)cc(Cl)cc3Cl)nc3cnc(N[C@H]4CCC(F)(F)C4)nc32)CC1. The number of hydrogen-bond donors (Lipinski definition) is 3. The highest BCUT2D eigenvalue weighted by Gasteiger charge is 2.39. The van der Waals surface area contributed by atoms with E-state index in [0.29, 0.717) is 30.0 Å². The molecule has 0 unspecified atom stereocenters. The highest BCUT2D eigenvalue weighted by Crippen LogP contribution is 2.40. The van der Waals surface area contributed by atoms with Crippen LogP contribution >= 0.6 is 23.2 Å². The summed E-state index contributed by atoms with van der Waals surface area (Å²) in [6.07, 6.45) is 4.69. The van der Waals surface area contributed by atoms with Gasteiger partial charge in [0.25, 0.3) is 0 Å². The fourth-order valence-corrected chi connectivity index (χ4v) is 5.83. The summed E-state index contributed by atoms with van der Waals surface area (Å²) >= 11 is 12.2. The van der Waals surface area contributed by atoms with Gasteiger partial charge in [-0.05, 0) is 50.2 Å². The van der Waals surface area contributed by atoms with Gasteiger partial charge in [-0.15, -0.1) is 0 Å². The predicted octanol–water partition coefficient (Wildman–Crippen LogP) is 6.22. The van der Waals surface area contributed by atoms with Crippen molar-refractivity contribution in [1.29, 1.82) is 0 Å². The molecule has 0 aliphatic heterocycles. The Balaban J connectivity index is 1.49. The third-order valence-electron chi connectivity index (χ3n) is 7.08. The van der Waals surface area contributed by atoms with Crippen LogP contribution in [0.4, 0.5) is 30.8 Å². The molecule has 4 N–H and O–H groups in total. The Hall–Kier alpha value is -2.79. The average Bonchev–Trinajstić information content (AvgIpc) is 3.34. The lowest BCUT2D eigenvalue weighted by atomic mass is 9.84. The molecule has 1 amide bonds. The van der Waals surface area contributed by atoms with E-state index in [2.05, 4.69) is 25.6 Å². The molecule has 2 aliphatic carbocycles. The molecule has 2 aromatic heterocycles. The van der Waals surface area contributed by atoms with E-state index in [9.17, 15) is 18.0 Å². The van der Waals surface area contributed by atoms with Gasteiger partial charge in [-0.25, -0.2) is 23.1 Å². The molecule has 5 rings (SSSR count). The third kappa shape index (κ3) is 5.72. The normalized spacial score (nSPS) is 23.3. The van der Waals surface area contributed by atoms with Crippen LogP contribution in [-0.2, 0) is 4.79 Å². The van der Waals surface area contributed by atoms with E-state index in [4.69, 9.17) is 28.9 Å². The zero-order valence-electron chi connectivity index (χ0n) is 19.8. The minimum Gasteiger partial charge on any atom is -0.370 e. The van der Waals surface area contributed by atoms with E-state index in [1.807, 2.05) is 4.57 Å². The van der Waals surface area contributed by atoms with Gasteiger partial charge in [-0.2, -0.15) is 4.98 Å². The Morgan fingerprint density at radius 1 is 1.16 bits per heavy atom. The number of rotatable bonds is 7. The summed E-state index contributed by atoms with van der Waals surface area (Å²) in [7, 11) is 0. The number of amides is 1. The highest BCUT2D eigenvalue weighted by molar-refractivity contribution is 6.36. The summed E-state index contributed by atoms with van der Waals surface area (Å²) in [5, 5.41) is 6.26. The fourth-order valence-electron chi connectivity index (χ4n) is 5.32. The molecular weight excluding hydrogens is 530 g/mol. The van der Waals surface area contributed by atoms with Crippen molar-refractivity contribution in [3.63, 3.8) is 0 Å². The van der Waals surface area contributed by atoms with Gasteiger partial charge in [-0.3, -0.25) is 9.36 Å². The number of hydrogen-bond acceptors (Lipinski definition) is 6. The van der Waals surface area contributed by atoms with E-state index >= 15 is 0 Å². The molecular formula is C24H26Cl2F3N7O. The first-order valence-corrected chi connectivity index (χ1v) is 12.9. The summed E-state index contributed by atoms with van der Waals surface area (Å²) in [6.45, 7) is 0. The predicted molar refractivity (Wildman–Crippen MR) is 136 cm³/mol. The Bertz CT molecular complexity index is 1300. The lowest BCUT2D eigenvalue weighted by molar-refractivity contribution is -0.119. The molecule has 13 heteroatoms. The molecule has 2 fully saturated rings. The van der Waals surface area contributed by atoms with Crippen molar-refractivity contribution in [3.8, 4) is 0 Å². The van der Waals surface area contributed by atoms with Crippen LogP contribution < -0.4 is 16.4 Å². The van der Waals surface area contributed by atoms with Crippen LogP contribution in [0.15, 0.2) is 18.3 Å². The third-order valence-corrected chi connectivity index (χ3v) is 7.60. The monoisotopic (exact) mass is 555 g/mol. The Labute approximate surface area is 221 Å². The molecule has 1 atom stereocenters. The summed E-state index contributed by atoms with van der Waals surface area (Å²) in [5.74, 6) is -2.94. The van der Waals surface area contributed by atoms with E-state index in [1.165, 1.54) is 12.3 Å². The molecule has 37 heavy (non-hydrogen) atoms. The van der Waals surface area contributed by atoms with Gasteiger partial charge in [0.15, 0.2) is 5.65 Å². The zero-order chi connectivity index (χ0) is 26.3. The van der Waals surface area contributed by atoms with Crippen molar-refractivity contribution in [3.05, 3.63) is 34.2 Å². The lowest BCUT2D eigenvalue weighted by Gasteiger charge is -2.30. The van der Waals surface area contributed by atoms with Crippen LogP contribution in [0, 0.1) is 11.7 Å². The second-order valence-electron chi connectivity index (χ2n) is 9.86. The van der Waals surface area contributed by atoms with E-state index < -0.39 is 17.8 Å². The number of carbonyl (C=O) groups is 1. The van der Waals surface area contributed by atoms with Crippen LogP contribution in [-0.4, -0.2) is 37.4 Å². The molecule has 1 aromatic carbocycles. The molecule has 3 aromatic rings. The number of nitrogens with one attached hydrogen (secondary N) is 2. The second-order valence-corrected chi connectivity index (χ2v) is 10.7. The van der Waals surface area contributed by atoms with Crippen molar-refractivity contribution in [2.45, 2.75) is 69.4 Å². The smallest absolute Gasteiger partial charge is 0.250 e. The van der Waals surface area contributed by atoms with Gasteiger partial charge in [-0.1, -0.05) is 23.2 Å². The molecule has 0 bridgehead atoms. The van der Waals surface area contributed by atoms with Crippen molar-refractivity contribution < 1.29 is 18.0 Å². The number of nitrogens with zero attached hydrogens (tertiary/aromatic N) is 4. The Morgan fingerprint density at radius 2 is 1.92 bits per heavy atom. The maximum absolute atomic E-state index is 14.7. The topological polar surface area (TPSA) is 111 Å². The van der Waals surface area contributed by atoms with Crippen LogP contribution in [0.2, 0.25) is 10.0 Å². The summed E-state index contributed by atoms with van der Waals surface area (Å²) < 4.78 is 44.0. The number of primary amides is 1. The largest absolute Gasteiger partial charge is 0.370 e. The minimum atomic E-state index is -2.70. The number of nitrogens with two attached hydrogens (primary N) is 1. The number of fused-ring (bicyclic) bond motifs is 1. The standard InChI is InChI=1S/C24H26Cl2F3N7O/c25-13-8-16(26)20(17(27)9-13)34-23-33-18-11-31-22(32-14-5-6-24(28,29)10-14)35-21(18)36(23)15-3-1-12(2-4-15)7-19(30)37/h8-9,11-12,14-15H,1-7,10H2,(H2,30,37)(H,33,34)(H,31,32,35)/t12-,14-,15+/m0/s1.